The van der Waals surface area contributed by atoms with Crippen molar-refractivity contribution >= 4 is 17.8 Å². The van der Waals surface area contributed by atoms with Crippen LogP contribution in [0.4, 0.5) is 4.39 Å². The lowest BCUT2D eigenvalue weighted by Crippen LogP contribution is -2.40. The van der Waals surface area contributed by atoms with E-state index in [1.807, 2.05) is 0 Å². The topological polar surface area (TPSA) is 72.9 Å². The number of piperidine rings is 1. The number of benzene rings is 2. The zero-order chi connectivity index (χ0) is 20.8. The van der Waals surface area contributed by atoms with Crippen molar-refractivity contribution < 1.29 is 28.2 Å². The second-order valence-corrected chi connectivity index (χ2v) is 6.87. The first kappa shape index (κ1) is 20.5. The van der Waals surface area contributed by atoms with E-state index in [9.17, 15) is 18.8 Å². The van der Waals surface area contributed by atoms with Gasteiger partial charge in [0.25, 0.3) is 5.91 Å². The minimum atomic E-state index is -0.421. The van der Waals surface area contributed by atoms with Crippen molar-refractivity contribution in [3.63, 3.8) is 0 Å². The molecule has 1 saturated heterocycles. The van der Waals surface area contributed by atoms with Crippen LogP contribution in [0, 0.1) is 11.7 Å². The van der Waals surface area contributed by atoms with Crippen molar-refractivity contribution in [1.29, 1.82) is 0 Å². The predicted octanol–water partition coefficient (Wildman–Crippen LogP) is 3.21. The summed E-state index contributed by atoms with van der Waals surface area (Å²) in [5.74, 6) is -1.53. The Morgan fingerprint density at radius 1 is 0.966 bits per heavy atom. The summed E-state index contributed by atoms with van der Waals surface area (Å²) in [6.45, 7) is 1.02. The van der Waals surface area contributed by atoms with Crippen LogP contribution in [-0.4, -0.2) is 42.9 Å². The molecule has 0 N–H and O–H groups in total. The van der Waals surface area contributed by atoms with E-state index in [1.165, 1.54) is 31.4 Å². The molecule has 2 aromatic carbocycles. The molecule has 152 valence electrons. The molecule has 1 amide bonds. The number of halogens is 1. The number of amides is 1. The van der Waals surface area contributed by atoms with E-state index in [0.29, 0.717) is 37.1 Å². The van der Waals surface area contributed by atoms with Gasteiger partial charge < -0.3 is 14.4 Å². The van der Waals surface area contributed by atoms with Crippen LogP contribution >= 0.6 is 0 Å². The van der Waals surface area contributed by atoms with Crippen molar-refractivity contribution in [3.05, 3.63) is 71.0 Å². The summed E-state index contributed by atoms with van der Waals surface area (Å²) >= 11 is 0. The van der Waals surface area contributed by atoms with E-state index in [0.717, 1.165) is 5.56 Å². The highest BCUT2D eigenvalue weighted by Crippen LogP contribution is 2.21. The number of carbonyl (C=O) groups excluding carboxylic acids is 3. The van der Waals surface area contributed by atoms with Gasteiger partial charge in [0.1, 0.15) is 12.4 Å². The monoisotopic (exact) mass is 399 g/mol. The molecule has 0 bridgehead atoms. The van der Waals surface area contributed by atoms with Gasteiger partial charge >= 0.3 is 11.9 Å². The zero-order valence-electron chi connectivity index (χ0n) is 16.1. The van der Waals surface area contributed by atoms with Crippen molar-refractivity contribution in [2.24, 2.45) is 5.92 Å². The fraction of sp³-hybridized carbons (Fsp3) is 0.318. The summed E-state index contributed by atoms with van der Waals surface area (Å²) in [5, 5.41) is 0. The van der Waals surface area contributed by atoms with Crippen molar-refractivity contribution in [3.8, 4) is 0 Å². The maximum Gasteiger partial charge on any atom is 0.337 e. The fourth-order valence-corrected chi connectivity index (χ4v) is 3.22. The van der Waals surface area contributed by atoms with Gasteiger partial charge in [-0.3, -0.25) is 9.59 Å². The van der Waals surface area contributed by atoms with Gasteiger partial charge in [-0.15, -0.1) is 0 Å². The molecule has 3 rings (SSSR count). The Kier molecular flexibility index (Phi) is 6.59. The van der Waals surface area contributed by atoms with E-state index >= 15 is 0 Å². The molecule has 0 aromatic heterocycles. The molecule has 0 saturated carbocycles. The van der Waals surface area contributed by atoms with Gasteiger partial charge in [-0.1, -0.05) is 12.1 Å². The average Bonchev–Trinajstić information content (AvgIpc) is 2.77. The third-order valence-electron chi connectivity index (χ3n) is 4.96. The number of hydrogen-bond acceptors (Lipinski definition) is 5. The number of ether oxygens (including phenoxy) is 2. The third kappa shape index (κ3) is 5.19. The number of likely N-dealkylation sites (tertiary alicyclic amines) is 1. The molecule has 1 aliphatic rings. The van der Waals surface area contributed by atoms with Gasteiger partial charge in [-0.05, 0) is 54.8 Å². The molecule has 0 atom stereocenters. The minimum Gasteiger partial charge on any atom is -0.465 e. The highest BCUT2D eigenvalue weighted by Gasteiger charge is 2.28. The Morgan fingerprint density at radius 2 is 1.55 bits per heavy atom. The van der Waals surface area contributed by atoms with E-state index in [-0.39, 0.29) is 30.2 Å². The lowest BCUT2D eigenvalue weighted by Gasteiger charge is -2.31. The molecular weight excluding hydrogens is 377 g/mol. The van der Waals surface area contributed by atoms with Crippen molar-refractivity contribution in [2.45, 2.75) is 19.4 Å². The summed E-state index contributed by atoms with van der Waals surface area (Å²) in [6.07, 6.45) is 1.04. The van der Waals surface area contributed by atoms with E-state index < -0.39 is 5.97 Å². The number of nitrogens with zero attached hydrogens (tertiary/aromatic N) is 1. The normalized spacial score (nSPS) is 14.3. The van der Waals surface area contributed by atoms with E-state index in [1.54, 1.807) is 29.2 Å². The molecule has 29 heavy (non-hydrogen) atoms. The number of methoxy groups -OCH3 is 1. The Morgan fingerprint density at radius 3 is 2.14 bits per heavy atom. The second kappa shape index (κ2) is 9.32. The van der Waals surface area contributed by atoms with Crippen LogP contribution in [-0.2, 0) is 20.9 Å². The molecule has 0 spiro atoms. The standard InChI is InChI=1S/C22H22FNO5/c1-28-21(26)17-4-2-15(3-5-17)14-29-22(27)18-10-12-24(13-11-18)20(25)16-6-8-19(23)9-7-16/h2-9,18H,10-14H2,1H3. The number of carbonyl (C=O) groups is 3. The summed E-state index contributed by atoms with van der Waals surface area (Å²) < 4.78 is 23.0. The fourth-order valence-electron chi connectivity index (χ4n) is 3.22. The van der Waals surface area contributed by atoms with Crippen LogP contribution in [0.5, 0.6) is 0 Å². The Bertz CT molecular complexity index is 871. The predicted molar refractivity (Wildman–Crippen MR) is 103 cm³/mol. The number of esters is 2. The van der Waals surface area contributed by atoms with Crippen LogP contribution in [0.2, 0.25) is 0 Å². The third-order valence-corrected chi connectivity index (χ3v) is 4.96. The van der Waals surface area contributed by atoms with Crippen LogP contribution in [0.3, 0.4) is 0 Å². The minimum absolute atomic E-state index is 0.120. The second-order valence-electron chi connectivity index (χ2n) is 6.87. The van der Waals surface area contributed by atoms with Crippen LogP contribution in [0.15, 0.2) is 48.5 Å². The zero-order valence-corrected chi connectivity index (χ0v) is 16.1. The SMILES string of the molecule is COC(=O)c1ccc(COC(=O)C2CCN(C(=O)c3ccc(F)cc3)CC2)cc1. The lowest BCUT2D eigenvalue weighted by atomic mass is 9.96. The molecule has 2 aromatic rings. The van der Waals surface area contributed by atoms with Crippen LogP contribution in [0.1, 0.15) is 39.1 Å². The summed E-state index contributed by atoms with van der Waals surface area (Å²) in [6, 6.07) is 12.1. The van der Waals surface area contributed by atoms with Crippen molar-refractivity contribution in [2.75, 3.05) is 20.2 Å². The Hall–Kier alpha value is -3.22. The van der Waals surface area contributed by atoms with Gasteiger partial charge in [0.15, 0.2) is 0 Å². The summed E-state index contributed by atoms with van der Waals surface area (Å²) in [5.41, 5.74) is 1.64. The van der Waals surface area contributed by atoms with Crippen LogP contribution in [0.25, 0.3) is 0 Å². The molecule has 0 radical (unpaired) electrons. The Labute approximate surface area is 168 Å². The summed E-state index contributed by atoms with van der Waals surface area (Å²) in [7, 11) is 1.32. The average molecular weight is 399 g/mol. The molecule has 0 unspecified atom stereocenters. The molecule has 1 heterocycles. The maximum atomic E-state index is 13.0. The molecular formula is C22H22FNO5. The first-order valence-corrected chi connectivity index (χ1v) is 9.36. The highest BCUT2D eigenvalue weighted by molar-refractivity contribution is 5.94. The lowest BCUT2D eigenvalue weighted by molar-refractivity contribution is -0.151. The number of hydrogen-bond donors (Lipinski definition) is 0. The van der Waals surface area contributed by atoms with Crippen molar-refractivity contribution in [1.82, 2.24) is 4.90 Å². The summed E-state index contributed by atoms with van der Waals surface area (Å²) in [4.78, 5) is 37.9. The van der Waals surface area contributed by atoms with E-state index in [2.05, 4.69) is 4.74 Å². The van der Waals surface area contributed by atoms with E-state index in [4.69, 9.17) is 4.74 Å². The first-order chi connectivity index (χ1) is 14.0. The number of rotatable bonds is 5. The maximum absolute atomic E-state index is 13.0. The van der Waals surface area contributed by atoms with Gasteiger partial charge in [0.05, 0.1) is 18.6 Å². The van der Waals surface area contributed by atoms with Gasteiger partial charge in [-0.2, -0.15) is 0 Å². The van der Waals surface area contributed by atoms with Gasteiger partial charge in [0, 0.05) is 18.7 Å². The Balaban J connectivity index is 1.46. The molecule has 1 fully saturated rings. The molecule has 7 heteroatoms. The quantitative estimate of drug-likeness (QED) is 0.722. The smallest absolute Gasteiger partial charge is 0.337 e. The molecule has 0 aliphatic carbocycles. The first-order valence-electron chi connectivity index (χ1n) is 9.36. The largest absolute Gasteiger partial charge is 0.465 e. The molecule has 1 aliphatic heterocycles. The highest BCUT2D eigenvalue weighted by atomic mass is 19.1. The van der Waals surface area contributed by atoms with Gasteiger partial charge in [-0.25, -0.2) is 9.18 Å². The molecule has 6 nitrogen and oxygen atoms in total. The van der Waals surface area contributed by atoms with Gasteiger partial charge in [0.2, 0.25) is 0 Å². The van der Waals surface area contributed by atoms with Crippen LogP contribution < -0.4 is 0 Å².